The third-order valence-corrected chi connectivity index (χ3v) is 22.2. The Bertz CT molecular complexity index is 3010. The van der Waals surface area contributed by atoms with Gasteiger partial charge in [-0.05, 0) is 61.0 Å². The van der Waals surface area contributed by atoms with Crippen LogP contribution in [0.4, 0.5) is 0 Å². The van der Waals surface area contributed by atoms with Crippen molar-refractivity contribution in [3.63, 3.8) is 0 Å². The molecule has 11 aliphatic rings. The van der Waals surface area contributed by atoms with E-state index in [2.05, 4.69) is 0 Å². The van der Waals surface area contributed by atoms with Crippen molar-refractivity contribution in [2.75, 3.05) is 76.4 Å². The van der Waals surface area contributed by atoms with Gasteiger partial charge >= 0.3 is 11.9 Å². The summed E-state index contributed by atoms with van der Waals surface area (Å²) in [5.74, 6) is -5.41. The van der Waals surface area contributed by atoms with Gasteiger partial charge in [-0.25, -0.2) is 4.79 Å². The van der Waals surface area contributed by atoms with E-state index in [1.807, 2.05) is 6.92 Å². The van der Waals surface area contributed by atoms with Gasteiger partial charge in [-0.3, -0.25) is 0 Å². The number of hydrogen-bond donors (Lipinski definition) is 7. The third-order valence-electron chi connectivity index (χ3n) is 21.3. The first-order valence-corrected chi connectivity index (χ1v) is 34.9. The lowest BCUT2D eigenvalue weighted by Crippen LogP contribution is -2.69. The first kappa shape index (κ1) is 79.2. The van der Waals surface area contributed by atoms with E-state index in [1.54, 1.807) is 41.5 Å². The molecule has 2 spiro atoms. The van der Waals surface area contributed by atoms with Gasteiger partial charge in [0.2, 0.25) is 0 Å². The minimum absolute atomic E-state index is 0.0886. The van der Waals surface area contributed by atoms with E-state index in [4.69, 9.17) is 157 Å². The first-order chi connectivity index (χ1) is 48.4. The highest BCUT2D eigenvalue weighted by Crippen LogP contribution is 2.51. The molecule has 12 rings (SSSR count). The number of benzene rings is 1. The Kier molecular flexibility index (Phi) is 24.5. The fourth-order valence-electron chi connectivity index (χ4n) is 16.1. The van der Waals surface area contributed by atoms with Crippen LogP contribution >= 0.6 is 23.2 Å². The lowest BCUT2D eigenvalue weighted by molar-refractivity contribution is -0.421. The molecule has 1 unspecified atom stereocenters. The molecule has 582 valence electrons. The number of aliphatic hydroxyl groups is 5. The fraction of sp³-hybridized carbons (Fsp3) is 0.892. The Labute approximate surface area is 599 Å². The Morgan fingerprint density at radius 2 is 1.28 bits per heavy atom. The number of hydrogen-bond acceptors (Lipinski definition) is 35. The van der Waals surface area contributed by atoms with Crippen LogP contribution in [0.15, 0.2) is 0 Å². The standard InChI is InChI=1S/C65H99Cl2NO34/c1-23-36(49(79-12)38(67)39(70)37(23)66)57(74)94-44-24(2)87-34(16-31(44)91-35-18-62(8,68)54(82-15)28(6)88-35)93-43-27(5)98-64(17-30(43)69)100-46-26(4)90-60(42(73)51(46)101-64)96-50-41(72)59(89-25(3)45(50)78-11)95-48-32(19-76-9)92-61(53(81-14)52(48)80-13)97-58-40(71)47-33(20-83-58)99-65(102-47)56-55(84-22-85-56)63(75,21-86-65)29(7)77-10/h24-35,40-48,50-56,58-61,69-73,75H,16-22,68H2,1-15H3/t24-,25-,26-,27-,28+,29?,30-,31-,32-,33+,34+,35+,40-,41-,42+,43-,44-,45+,46-,47-,48-,50-,51-,52+,53+,54+,55-,56-,58+,59+,60+,61+,62+,63-,64-,65-/m1/s1. The topological polar surface area (TPSA) is 414 Å². The number of halogens is 2. The van der Waals surface area contributed by atoms with Crippen molar-refractivity contribution in [3.05, 3.63) is 21.2 Å². The minimum Gasteiger partial charge on any atom is -0.505 e. The molecule has 37 heteroatoms. The fourth-order valence-corrected chi connectivity index (χ4v) is 16.6. The van der Waals surface area contributed by atoms with Crippen molar-refractivity contribution in [1.29, 1.82) is 0 Å². The molecule has 35 nitrogen and oxygen atoms in total. The second kappa shape index (κ2) is 31.5. The molecular weight excluding hydrogens is 1410 g/mol. The minimum atomic E-state index is -1.95. The zero-order valence-corrected chi connectivity index (χ0v) is 60.9. The quantitative estimate of drug-likeness (QED) is 0.0798. The molecule has 11 saturated heterocycles. The van der Waals surface area contributed by atoms with Crippen LogP contribution in [0, 0.1) is 6.92 Å². The molecule has 0 amide bonds. The number of aromatic hydroxyl groups is 1. The normalized spacial score (nSPS) is 49.1. The summed E-state index contributed by atoms with van der Waals surface area (Å²) in [6.07, 6.45) is -35.8. The van der Waals surface area contributed by atoms with Crippen LogP contribution < -0.4 is 10.5 Å². The summed E-state index contributed by atoms with van der Waals surface area (Å²) in [7, 11) is 9.89. The number of aliphatic hydroxyl groups excluding tert-OH is 4. The zero-order valence-electron chi connectivity index (χ0n) is 59.4. The van der Waals surface area contributed by atoms with Gasteiger partial charge in [0.1, 0.15) is 127 Å². The number of carbonyl (C=O) groups excluding carboxylic acids is 1. The van der Waals surface area contributed by atoms with Gasteiger partial charge in [0.15, 0.2) is 61.4 Å². The van der Waals surface area contributed by atoms with Crippen LogP contribution in [-0.2, 0) is 123 Å². The molecule has 102 heavy (non-hydrogen) atoms. The lowest BCUT2D eigenvalue weighted by atomic mass is 9.85. The number of rotatable bonds is 21. The maximum atomic E-state index is 14.2. The highest BCUT2D eigenvalue weighted by atomic mass is 35.5. The second-order valence-corrected chi connectivity index (χ2v) is 28.8. The smallest absolute Gasteiger partial charge is 0.342 e. The first-order valence-electron chi connectivity index (χ1n) is 34.2. The van der Waals surface area contributed by atoms with Crippen molar-refractivity contribution >= 4 is 29.2 Å². The third kappa shape index (κ3) is 14.6. The number of phenolic OH excluding ortho intramolecular Hbond substituents is 1. The second-order valence-electron chi connectivity index (χ2n) is 28.1. The van der Waals surface area contributed by atoms with Gasteiger partial charge in [-0.1, -0.05) is 23.2 Å². The SMILES string of the molecule is COC[C@H]1O[C@@H](O[C@@H]2OC[C@@H]3O[C@@]4(OC[C@@](O)(C(C)OC)[C@@H]5OCO[C@H]54)O[C@H]3[C@H]2O)[C@@H](OC)[C@@H](OC)[C@@H]1O[C@@H]1O[C@H](C)[C@H](OC)[C@H](O[C@@H]2O[C@H](C)[C@H]3O[C@]4(C[C@@H](O)[C@H](O[C@H]5C[C@@H](O[C@H]6C[C@](C)(N)[C@@H](OC)[C@H](C)O6)[C@H](OC(=O)c6c(C)c(Cl)c(O)c(Cl)c6OC)[C@@H](C)O5)[C@@H](C)O4)O[C@@H]3[C@@H]2O)[C@H]1O. The number of phenols is 1. The Hall–Kier alpha value is -2.37. The summed E-state index contributed by atoms with van der Waals surface area (Å²) in [4.78, 5) is 14.2. The predicted molar refractivity (Wildman–Crippen MR) is 338 cm³/mol. The number of fused-ring (bicyclic) bond motifs is 4. The molecule has 8 N–H and O–H groups in total. The maximum Gasteiger partial charge on any atom is 0.342 e. The number of esters is 1. The molecule has 0 aliphatic carbocycles. The maximum absolute atomic E-state index is 14.2. The van der Waals surface area contributed by atoms with E-state index in [9.17, 15) is 35.4 Å². The molecule has 1 aromatic carbocycles. The van der Waals surface area contributed by atoms with Crippen molar-refractivity contribution in [1.82, 2.24) is 0 Å². The summed E-state index contributed by atoms with van der Waals surface area (Å²) in [5.41, 5.74) is 4.22. The van der Waals surface area contributed by atoms with E-state index in [0.29, 0.717) is 0 Å². The van der Waals surface area contributed by atoms with Gasteiger partial charge in [-0.2, -0.15) is 0 Å². The van der Waals surface area contributed by atoms with Gasteiger partial charge in [0.05, 0.1) is 81.1 Å². The summed E-state index contributed by atoms with van der Waals surface area (Å²) < 4.78 is 167. The van der Waals surface area contributed by atoms with E-state index < -0.39 is 231 Å². The molecule has 0 radical (unpaired) electrons. The average molecular weight is 1510 g/mol. The summed E-state index contributed by atoms with van der Waals surface area (Å²) in [5, 5.41) is 70.2. The van der Waals surface area contributed by atoms with Crippen LogP contribution in [0.2, 0.25) is 10.0 Å². The molecule has 36 atom stereocenters. The Morgan fingerprint density at radius 1 is 0.627 bits per heavy atom. The average Bonchev–Trinajstić information content (AvgIpc) is 1.55. The summed E-state index contributed by atoms with van der Waals surface area (Å²) >= 11 is 12.8. The van der Waals surface area contributed by atoms with Gasteiger partial charge < -0.3 is 164 Å². The molecular formula is C65H99Cl2NO34. The number of ether oxygens (including phenoxy) is 27. The highest BCUT2D eigenvalue weighted by molar-refractivity contribution is 6.39. The molecule has 0 bridgehead atoms. The monoisotopic (exact) mass is 1510 g/mol. The van der Waals surface area contributed by atoms with Crippen LogP contribution in [0.1, 0.15) is 83.7 Å². The van der Waals surface area contributed by atoms with Crippen molar-refractivity contribution in [3.8, 4) is 11.5 Å². The highest BCUT2D eigenvalue weighted by Gasteiger charge is 2.71. The van der Waals surface area contributed by atoms with Gasteiger partial charge in [0.25, 0.3) is 5.97 Å². The predicted octanol–water partition coefficient (Wildman–Crippen LogP) is 0.0289. The van der Waals surface area contributed by atoms with Crippen LogP contribution in [-0.4, -0.2) is 333 Å². The largest absolute Gasteiger partial charge is 0.505 e. The molecule has 11 fully saturated rings. The number of carbonyl (C=O) groups is 1. The molecule has 0 saturated carbocycles. The van der Waals surface area contributed by atoms with Gasteiger partial charge in [0, 0.05) is 61.0 Å². The summed E-state index contributed by atoms with van der Waals surface area (Å²) in [6, 6.07) is 0. The van der Waals surface area contributed by atoms with Crippen molar-refractivity contribution in [2.24, 2.45) is 5.73 Å². The number of nitrogens with two attached hydrogens (primary N) is 1. The van der Waals surface area contributed by atoms with E-state index >= 15 is 0 Å². The zero-order chi connectivity index (χ0) is 73.6. The molecule has 1 aromatic rings. The molecule has 11 heterocycles. The molecule has 0 aromatic heterocycles. The summed E-state index contributed by atoms with van der Waals surface area (Å²) in [6.45, 7) is 12.6. The van der Waals surface area contributed by atoms with Crippen molar-refractivity contribution in [2.45, 2.75) is 294 Å². The van der Waals surface area contributed by atoms with Gasteiger partial charge in [-0.15, -0.1) is 0 Å². The Morgan fingerprint density at radius 3 is 1.95 bits per heavy atom. The van der Waals surface area contributed by atoms with Crippen LogP contribution in [0.25, 0.3) is 0 Å². The number of methoxy groups -OCH3 is 7. The van der Waals surface area contributed by atoms with Crippen molar-refractivity contribution < 1.29 is 163 Å². The molecule has 11 aliphatic heterocycles. The van der Waals surface area contributed by atoms with E-state index in [1.165, 1.54) is 56.7 Å². The van der Waals surface area contributed by atoms with Crippen LogP contribution in [0.3, 0.4) is 0 Å². The van der Waals surface area contributed by atoms with E-state index in [0.717, 1.165) is 0 Å². The van der Waals surface area contributed by atoms with E-state index in [-0.39, 0.29) is 72.8 Å². The Balaban J connectivity index is 0.687. The van der Waals surface area contributed by atoms with Crippen LogP contribution in [0.5, 0.6) is 11.5 Å². The lowest BCUT2D eigenvalue weighted by Gasteiger charge is -2.50.